The fraction of sp³-hybridized carbons (Fsp3) is 0.474. The van der Waals surface area contributed by atoms with E-state index in [0.29, 0.717) is 0 Å². The van der Waals surface area contributed by atoms with Crippen molar-refractivity contribution in [1.29, 1.82) is 0 Å². The van der Waals surface area contributed by atoms with E-state index in [4.69, 9.17) is 0 Å². The normalized spacial score (nSPS) is 15.7. The maximum absolute atomic E-state index is 12.5. The molecule has 1 aliphatic heterocycles. The first-order valence-corrected chi connectivity index (χ1v) is 8.75. The van der Waals surface area contributed by atoms with Crippen molar-refractivity contribution in [3.63, 3.8) is 0 Å². The molecule has 3 rings (SSSR count). The van der Waals surface area contributed by atoms with E-state index in [1.807, 2.05) is 42.3 Å². The van der Waals surface area contributed by atoms with Gasteiger partial charge in [0.1, 0.15) is 5.82 Å². The Hall–Kier alpha value is -2.14. The molecule has 1 aliphatic rings. The molecule has 2 aromatic rings. The Balaban J connectivity index is 1.48. The summed E-state index contributed by atoms with van der Waals surface area (Å²) < 4.78 is 2.23. The van der Waals surface area contributed by atoms with Gasteiger partial charge in [-0.25, -0.2) is 4.98 Å². The van der Waals surface area contributed by atoms with E-state index in [9.17, 15) is 4.79 Å². The highest BCUT2D eigenvalue weighted by Crippen LogP contribution is 2.10. The van der Waals surface area contributed by atoms with Crippen LogP contribution < -0.4 is 0 Å². The summed E-state index contributed by atoms with van der Waals surface area (Å²) in [6.45, 7) is 9.63. The second-order valence-corrected chi connectivity index (χ2v) is 6.39. The van der Waals surface area contributed by atoms with Crippen LogP contribution in [0.5, 0.6) is 0 Å². The first-order chi connectivity index (χ1) is 11.7. The molecule has 0 unspecified atom stereocenters. The van der Waals surface area contributed by atoms with Crippen LogP contribution in [0.2, 0.25) is 0 Å². The molecule has 1 fully saturated rings. The number of amides is 1. The van der Waals surface area contributed by atoms with Gasteiger partial charge in [-0.05, 0) is 19.1 Å². The smallest absolute Gasteiger partial charge is 0.253 e. The molecule has 128 valence electrons. The molecule has 24 heavy (non-hydrogen) atoms. The van der Waals surface area contributed by atoms with E-state index in [0.717, 1.165) is 57.1 Å². The predicted octanol–water partition coefficient (Wildman–Crippen LogP) is 2.21. The van der Waals surface area contributed by atoms with Gasteiger partial charge in [-0.3, -0.25) is 9.69 Å². The van der Waals surface area contributed by atoms with E-state index in [-0.39, 0.29) is 5.91 Å². The average Bonchev–Trinajstić information content (AvgIpc) is 3.08. The number of aromatic nitrogens is 2. The van der Waals surface area contributed by atoms with Crippen LogP contribution in [0, 0.1) is 6.92 Å². The Morgan fingerprint density at radius 2 is 1.79 bits per heavy atom. The average molecular weight is 326 g/mol. The van der Waals surface area contributed by atoms with Gasteiger partial charge in [0.25, 0.3) is 5.91 Å². The molecule has 1 aromatic heterocycles. The summed E-state index contributed by atoms with van der Waals surface area (Å²) in [6, 6.07) is 7.85. The van der Waals surface area contributed by atoms with Crippen LogP contribution in [0.15, 0.2) is 36.7 Å². The zero-order chi connectivity index (χ0) is 16.9. The predicted molar refractivity (Wildman–Crippen MR) is 95.1 cm³/mol. The Labute approximate surface area is 143 Å². The highest BCUT2D eigenvalue weighted by molar-refractivity contribution is 5.94. The van der Waals surface area contributed by atoms with Crippen molar-refractivity contribution in [3.05, 3.63) is 53.6 Å². The summed E-state index contributed by atoms with van der Waals surface area (Å²) in [5.74, 6) is 1.29. The van der Waals surface area contributed by atoms with Gasteiger partial charge in [-0.2, -0.15) is 0 Å². The van der Waals surface area contributed by atoms with Crippen LogP contribution in [0.3, 0.4) is 0 Å². The molecule has 0 atom stereocenters. The topological polar surface area (TPSA) is 41.4 Å². The maximum atomic E-state index is 12.5. The van der Waals surface area contributed by atoms with Crippen molar-refractivity contribution >= 4 is 5.91 Å². The fourth-order valence-corrected chi connectivity index (χ4v) is 3.16. The molecule has 5 nitrogen and oxygen atoms in total. The van der Waals surface area contributed by atoms with Gasteiger partial charge >= 0.3 is 0 Å². The maximum Gasteiger partial charge on any atom is 0.253 e. The van der Waals surface area contributed by atoms with Gasteiger partial charge in [0.15, 0.2) is 0 Å². The third-order valence-electron chi connectivity index (χ3n) is 4.73. The minimum Gasteiger partial charge on any atom is -0.336 e. The van der Waals surface area contributed by atoms with Crippen LogP contribution in [0.25, 0.3) is 0 Å². The molecule has 2 heterocycles. The highest BCUT2D eigenvalue weighted by atomic mass is 16.2. The second-order valence-electron chi connectivity index (χ2n) is 6.39. The molecule has 0 N–H and O–H groups in total. The van der Waals surface area contributed by atoms with E-state index < -0.39 is 0 Å². The Morgan fingerprint density at radius 1 is 1.08 bits per heavy atom. The van der Waals surface area contributed by atoms with E-state index in [1.54, 1.807) is 0 Å². The zero-order valence-corrected chi connectivity index (χ0v) is 14.6. The lowest BCUT2D eigenvalue weighted by Crippen LogP contribution is -2.49. The van der Waals surface area contributed by atoms with Crippen LogP contribution in [0.1, 0.15) is 28.7 Å². The standard InChI is InChI=1S/C19H26N4O/c1-3-18-20-8-9-22(18)13-10-21-11-14-23(15-12-21)19(24)17-6-4-16(2)5-7-17/h4-9H,3,10-15H2,1-2H3. The molecule has 0 aliphatic carbocycles. The Kier molecular flexibility index (Phi) is 5.30. The summed E-state index contributed by atoms with van der Waals surface area (Å²) in [7, 11) is 0. The van der Waals surface area contributed by atoms with Crippen molar-refractivity contribution < 1.29 is 4.79 Å². The molecule has 0 radical (unpaired) electrons. The molecular formula is C19H26N4O. The summed E-state index contributed by atoms with van der Waals surface area (Å²) in [4.78, 5) is 21.3. The third kappa shape index (κ3) is 3.85. The summed E-state index contributed by atoms with van der Waals surface area (Å²) in [6.07, 6.45) is 4.89. The second kappa shape index (κ2) is 7.62. The summed E-state index contributed by atoms with van der Waals surface area (Å²) in [5.41, 5.74) is 1.97. The number of hydrogen-bond acceptors (Lipinski definition) is 3. The Morgan fingerprint density at radius 3 is 2.46 bits per heavy atom. The molecule has 0 spiro atoms. The number of piperazine rings is 1. The fourth-order valence-electron chi connectivity index (χ4n) is 3.16. The number of aryl methyl sites for hydroxylation is 2. The zero-order valence-electron chi connectivity index (χ0n) is 14.6. The van der Waals surface area contributed by atoms with Crippen molar-refractivity contribution in [2.45, 2.75) is 26.8 Å². The van der Waals surface area contributed by atoms with Crippen molar-refractivity contribution in [2.24, 2.45) is 0 Å². The molecule has 1 aromatic carbocycles. The lowest BCUT2D eigenvalue weighted by molar-refractivity contribution is 0.0633. The summed E-state index contributed by atoms with van der Waals surface area (Å²) in [5, 5.41) is 0. The first-order valence-electron chi connectivity index (χ1n) is 8.75. The van der Waals surface area contributed by atoms with Gasteiger partial charge < -0.3 is 9.47 Å². The van der Waals surface area contributed by atoms with E-state index in [2.05, 4.69) is 27.6 Å². The molecule has 0 bridgehead atoms. The number of nitrogens with zero attached hydrogens (tertiary/aromatic N) is 4. The lowest BCUT2D eigenvalue weighted by Gasteiger charge is -2.35. The molecule has 5 heteroatoms. The number of hydrogen-bond donors (Lipinski definition) is 0. The summed E-state index contributed by atoms with van der Waals surface area (Å²) >= 11 is 0. The van der Waals surface area contributed by atoms with Gasteiger partial charge in [0.2, 0.25) is 0 Å². The van der Waals surface area contributed by atoms with Gasteiger partial charge in [-0.15, -0.1) is 0 Å². The van der Waals surface area contributed by atoms with Gasteiger partial charge in [0, 0.05) is 63.6 Å². The molecule has 1 saturated heterocycles. The van der Waals surface area contributed by atoms with Gasteiger partial charge in [-0.1, -0.05) is 24.6 Å². The minimum absolute atomic E-state index is 0.150. The van der Waals surface area contributed by atoms with Crippen LogP contribution in [-0.2, 0) is 13.0 Å². The molecule has 0 saturated carbocycles. The minimum atomic E-state index is 0.150. The van der Waals surface area contributed by atoms with Crippen LogP contribution in [0.4, 0.5) is 0 Å². The number of imidazole rings is 1. The number of carbonyl (C=O) groups is 1. The number of rotatable bonds is 5. The third-order valence-corrected chi connectivity index (χ3v) is 4.73. The SMILES string of the molecule is CCc1nccn1CCN1CCN(C(=O)c2ccc(C)cc2)CC1. The van der Waals surface area contributed by atoms with Gasteiger partial charge in [0.05, 0.1) is 0 Å². The lowest BCUT2D eigenvalue weighted by atomic mass is 10.1. The Bertz CT molecular complexity index is 669. The van der Waals surface area contributed by atoms with E-state index in [1.165, 1.54) is 5.56 Å². The monoisotopic (exact) mass is 326 g/mol. The quantitative estimate of drug-likeness (QED) is 0.846. The van der Waals surface area contributed by atoms with Crippen molar-refractivity contribution in [1.82, 2.24) is 19.4 Å². The first kappa shape index (κ1) is 16.7. The largest absolute Gasteiger partial charge is 0.336 e. The molecular weight excluding hydrogens is 300 g/mol. The van der Waals surface area contributed by atoms with Crippen LogP contribution >= 0.6 is 0 Å². The van der Waals surface area contributed by atoms with Crippen molar-refractivity contribution in [2.75, 3.05) is 32.7 Å². The number of carbonyl (C=O) groups excluding carboxylic acids is 1. The van der Waals surface area contributed by atoms with Crippen LogP contribution in [-0.4, -0.2) is 58.0 Å². The number of benzene rings is 1. The highest BCUT2D eigenvalue weighted by Gasteiger charge is 2.21. The molecule has 1 amide bonds. The van der Waals surface area contributed by atoms with Crippen molar-refractivity contribution in [3.8, 4) is 0 Å². The van der Waals surface area contributed by atoms with E-state index >= 15 is 0 Å².